The molecule has 11 heteroatoms. The monoisotopic (exact) mass is 438 g/mol. The van der Waals surface area contributed by atoms with E-state index in [2.05, 4.69) is 5.32 Å². The molecule has 0 fully saturated rings. The number of nitro groups is 1. The van der Waals surface area contributed by atoms with E-state index in [9.17, 15) is 19.7 Å². The van der Waals surface area contributed by atoms with Gasteiger partial charge in [0.2, 0.25) is 0 Å². The maximum absolute atomic E-state index is 12.6. The molecule has 1 atom stereocenters. The van der Waals surface area contributed by atoms with E-state index in [0.29, 0.717) is 5.75 Å². The van der Waals surface area contributed by atoms with Gasteiger partial charge in [-0.25, -0.2) is 4.79 Å². The average Bonchev–Trinajstić information content (AvgIpc) is 2.73. The van der Waals surface area contributed by atoms with Crippen molar-refractivity contribution in [2.24, 2.45) is 0 Å². The summed E-state index contributed by atoms with van der Waals surface area (Å²) in [5.41, 5.74) is -0.222. The van der Waals surface area contributed by atoms with Crippen LogP contribution in [0.4, 0.5) is 11.4 Å². The molecule has 0 aliphatic heterocycles. The summed E-state index contributed by atoms with van der Waals surface area (Å²) in [6, 6.07) is 6.39. The van der Waals surface area contributed by atoms with Gasteiger partial charge < -0.3 is 24.3 Å². The van der Waals surface area contributed by atoms with Crippen molar-refractivity contribution >= 4 is 34.9 Å². The van der Waals surface area contributed by atoms with Gasteiger partial charge in [-0.2, -0.15) is 0 Å². The number of nitrogens with one attached hydrogen (secondary N) is 1. The molecule has 0 saturated carbocycles. The second-order valence-electron chi connectivity index (χ2n) is 5.87. The Morgan fingerprint density at radius 3 is 2.20 bits per heavy atom. The number of hydrogen-bond donors (Lipinski definition) is 1. The van der Waals surface area contributed by atoms with Crippen LogP contribution in [0.25, 0.3) is 0 Å². The zero-order chi connectivity index (χ0) is 22.4. The zero-order valence-electron chi connectivity index (χ0n) is 16.6. The summed E-state index contributed by atoms with van der Waals surface area (Å²) in [4.78, 5) is 35.2. The maximum Gasteiger partial charge on any atom is 0.342 e. The average molecular weight is 439 g/mol. The van der Waals surface area contributed by atoms with Gasteiger partial charge in [0.15, 0.2) is 17.6 Å². The van der Waals surface area contributed by atoms with Crippen LogP contribution >= 0.6 is 11.6 Å². The Bertz CT molecular complexity index is 979. The van der Waals surface area contributed by atoms with Crippen molar-refractivity contribution in [3.05, 3.63) is 51.0 Å². The van der Waals surface area contributed by atoms with Crippen LogP contribution in [0.3, 0.4) is 0 Å². The molecule has 30 heavy (non-hydrogen) atoms. The number of esters is 1. The molecule has 0 heterocycles. The van der Waals surface area contributed by atoms with Crippen molar-refractivity contribution in [3.8, 4) is 17.2 Å². The highest BCUT2D eigenvalue weighted by atomic mass is 35.5. The lowest BCUT2D eigenvalue weighted by molar-refractivity contribution is -0.384. The number of anilines is 1. The number of carbonyl (C=O) groups is 2. The molecule has 1 N–H and O–H groups in total. The Kier molecular flexibility index (Phi) is 7.43. The van der Waals surface area contributed by atoms with Crippen LogP contribution in [0, 0.1) is 10.1 Å². The standard InChI is InChI=1S/C19H19ClN2O8/c1-10(18(23)21-14-7-11(22(25)26)5-6-13(14)20)30-19(24)12-8-16(28-3)17(29-4)9-15(12)27-2/h5-10H,1-4H3,(H,21,23)/t10-/m1/s1. The number of hydrogen-bond acceptors (Lipinski definition) is 8. The largest absolute Gasteiger partial charge is 0.496 e. The van der Waals surface area contributed by atoms with Crippen LogP contribution in [0.1, 0.15) is 17.3 Å². The second kappa shape index (κ2) is 9.79. The molecule has 0 aliphatic carbocycles. The minimum Gasteiger partial charge on any atom is -0.496 e. The van der Waals surface area contributed by atoms with E-state index < -0.39 is 22.9 Å². The number of non-ortho nitro benzene ring substituents is 1. The number of amides is 1. The highest BCUT2D eigenvalue weighted by Gasteiger charge is 2.24. The van der Waals surface area contributed by atoms with Gasteiger partial charge in [-0.15, -0.1) is 0 Å². The van der Waals surface area contributed by atoms with E-state index in [0.717, 1.165) is 6.07 Å². The summed E-state index contributed by atoms with van der Waals surface area (Å²) in [5.74, 6) is -0.805. The Hall–Kier alpha value is -3.53. The lowest BCUT2D eigenvalue weighted by Gasteiger charge is -2.17. The summed E-state index contributed by atoms with van der Waals surface area (Å²) in [6.07, 6.45) is -1.24. The summed E-state index contributed by atoms with van der Waals surface area (Å²) < 4.78 is 20.7. The van der Waals surface area contributed by atoms with E-state index in [1.165, 1.54) is 52.5 Å². The number of carbonyl (C=O) groups excluding carboxylic acids is 2. The molecule has 0 saturated heterocycles. The Labute approximate surface area is 176 Å². The molecular formula is C19H19ClN2O8. The second-order valence-corrected chi connectivity index (χ2v) is 6.27. The van der Waals surface area contributed by atoms with Gasteiger partial charge in [-0.1, -0.05) is 11.6 Å². The fourth-order valence-corrected chi connectivity index (χ4v) is 2.59. The van der Waals surface area contributed by atoms with E-state index in [-0.39, 0.29) is 33.5 Å². The van der Waals surface area contributed by atoms with Crippen LogP contribution in [0.5, 0.6) is 17.2 Å². The van der Waals surface area contributed by atoms with Gasteiger partial charge in [0, 0.05) is 24.3 Å². The fraction of sp³-hybridized carbons (Fsp3) is 0.263. The van der Waals surface area contributed by atoms with Crippen molar-refractivity contribution in [2.45, 2.75) is 13.0 Å². The normalized spacial score (nSPS) is 11.2. The van der Waals surface area contributed by atoms with Crippen molar-refractivity contribution in [3.63, 3.8) is 0 Å². The van der Waals surface area contributed by atoms with Crippen molar-refractivity contribution in [1.82, 2.24) is 0 Å². The quantitative estimate of drug-likeness (QED) is 0.377. The molecule has 0 aromatic heterocycles. The first-order valence-corrected chi connectivity index (χ1v) is 8.85. The minimum absolute atomic E-state index is 0.0162. The number of rotatable bonds is 8. The first-order valence-electron chi connectivity index (χ1n) is 8.47. The molecule has 160 valence electrons. The van der Waals surface area contributed by atoms with Gasteiger partial charge in [0.25, 0.3) is 11.6 Å². The number of benzene rings is 2. The SMILES string of the molecule is COc1cc(OC)c(C(=O)O[C@H](C)C(=O)Nc2cc([N+](=O)[O-])ccc2Cl)cc1OC. The summed E-state index contributed by atoms with van der Waals surface area (Å²) in [6.45, 7) is 1.34. The van der Waals surface area contributed by atoms with Crippen LogP contribution in [-0.4, -0.2) is 44.2 Å². The van der Waals surface area contributed by atoms with E-state index >= 15 is 0 Å². The molecular weight excluding hydrogens is 420 g/mol. The molecule has 0 unspecified atom stereocenters. The van der Waals surface area contributed by atoms with E-state index in [4.69, 9.17) is 30.5 Å². The molecule has 1 amide bonds. The van der Waals surface area contributed by atoms with Crippen LogP contribution in [0.2, 0.25) is 5.02 Å². The zero-order valence-corrected chi connectivity index (χ0v) is 17.3. The maximum atomic E-state index is 12.6. The van der Waals surface area contributed by atoms with Crippen LogP contribution in [-0.2, 0) is 9.53 Å². The lowest BCUT2D eigenvalue weighted by atomic mass is 10.1. The molecule has 2 aromatic rings. The first kappa shape index (κ1) is 22.8. The molecule has 2 rings (SSSR count). The number of ether oxygens (including phenoxy) is 4. The third-order valence-corrected chi connectivity index (χ3v) is 4.33. The Morgan fingerprint density at radius 1 is 1.03 bits per heavy atom. The molecule has 2 aromatic carbocycles. The molecule has 0 aliphatic rings. The van der Waals surface area contributed by atoms with Gasteiger partial charge >= 0.3 is 5.97 Å². The van der Waals surface area contributed by atoms with Crippen molar-refractivity contribution < 1.29 is 33.5 Å². The molecule has 10 nitrogen and oxygen atoms in total. The third-order valence-electron chi connectivity index (χ3n) is 4.00. The van der Waals surface area contributed by atoms with Gasteiger partial charge in [-0.05, 0) is 13.0 Å². The number of nitrogens with zero attached hydrogens (tertiary/aromatic N) is 1. The fourth-order valence-electron chi connectivity index (χ4n) is 2.42. The predicted molar refractivity (Wildman–Crippen MR) is 108 cm³/mol. The van der Waals surface area contributed by atoms with Crippen molar-refractivity contribution in [2.75, 3.05) is 26.6 Å². The number of methoxy groups -OCH3 is 3. The smallest absolute Gasteiger partial charge is 0.342 e. The summed E-state index contributed by atoms with van der Waals surface area (Å²) in [7, 11) is 4.19. The highest BCUT2D eigenvalue weighted by molar-refractivity contribution is 6.33. The van der Waals surface area contributed by atoms with Crippen LogP contribution < -0.4 is 19.5 Å². The Balaban J connectivity index is 2.19. The number of halogens is 1. The third kappa shape index (κ3) is 5.09. The highest BCUT2D eigenvalue weighted by Crippen LogP contribution is 2.35. The molecule has 0 spiro atoms. The summed E-state index contributed by atoms with van der Waals surface area (Å²) in [5, 5.41) is 13.4. The number of nitro benzene ring substituents is 1. The first-order chi connectivity index (χ1) is 14.2. The molecule has 0 bridgehead atoms. The van der Waals surface area contributed by atoms with E-state index in [1.54, 1.807) is 0 Å². The molecule has 0 radical (unpaired) electrons. The topological polar surface area (TPSA) is 126 Å². The van der Waals surface area contributed by atoms with E-state index in [1.807, 2.05) is 0 Å². The minimum atomic E-state index is -1.24. The lowest BCUT2D eigenvalue weighted by Crippen LogP contribution is -2.30. The summed E-state index contributed by atoms with van der Waals surface area (Å²) >= 11 is 5.97. The Morgan fingerprint density at radius 2 is 1.63 bits per heavy atom. The van der Waals surface area contributed by atoms with Crippen LogP contribution in [0.15, 0.2) is 30.3 Å². The van der Waals surface area contributed by atoms with Gasteiger partial charge in [0.05, 0.1) is 37.0 Å². The van der Waals surface area contributed by atoms with Gasteiger partial charge in [0.1, 0.15) is 11.3 Å². The van der Waals surface area contributed by atoms with Gasteiger partial charge in [-0.3, -0.25) is 14.9 Å². The predicted octanol–water partition coefficient (Wildman–Crippen LogP) is 3.46. The van der Waals surface area contributed by atoms with Crippen molar-refractivity contribution in [1.29, 1.82) is 0 Å².